The molecule has 3 aromatic carbocycles. The van der Waals surface area contributed by atoms with Crippen LogP contribution in [0.4, 0.5) is 17.6 Å². The predicted octanol–water partition coefficient (Wildman–Crippen LogP) is 5.83. The molecule has 0 aliphatic carbocycles. The Balaban J connectivity index is 1.46. The number of rotatable bonds is 5. The summed E-state index contributed by atoms with van der Waals surface area (Å²) in [7, 11) is 0. The van der Waals surface area contributed by atoms with Gasteiger partial charge in [-0.05, 0) is 42.0 Å². The van der Waals surface area contributed by atoms with Crippen LogP contribution in [0.25, 0.3) is 22.5 Å². The number of hydrogen-bond acceptors (Lipinski definition) is 2. The van der Waals surface area contributed by atoms with Crippen molar-refractivity contribution in [2.45, 2.75) is 12.7 Å². The number of carbonyl (C=O) groups is 1. The molecular formula is C24H17F4N3O. The average molecular weight is 439 g/mol. The molecule has 0 fully saturated rings. The zero-order valence-corrected chi connectivity index (χ0v) is 16.6. The molecule has 0 radical (unpaired) electrons. The van der Waals surface area contributed by atoms with Crippen LogP contribution in [0.15, 0.2) is 78.9 Å². The van der Waals surface area contributed by atoms with E-state index in [-0.39, 0.29) is 18.3 Å². The third-order valence-electron chi connectivity index (χ3n) is 4.92. The minimum absolute atomic E-state index is 0.0636. The highest BCUT2D eigenvalue weighted by molar-refractivity contribution is 5.94. The molecule has 0 bridgehead atoms. The number of amides is 1. The van der Waals surface area contributed by atoms with E-state index in [0.29, 0.717) is 33.6 Å². The summed E-state index contributed by atoms with van der Waals surface area (Å²) >= 11 is 0. The van der Waals surface area contributed by atoms with Crippen LogP contribution in [0.5, 0.6) is 0 Å². The van der Waals surface area contributed by atoms with E-state index in [0.717, 1.165) is 12.1 Å². The fourth-order valence-electron chi connectivity index (χ4n) is 3.19. The van der Waals surface area contributed by atoms with Crippen molar-refractivity contribution in [2.75, 3.05) is 0 Å². The first-order chi connectivity index (χ1) is 15.3. The molecule has 8 heteroatoms. The SMILES string of the molecule is O=C(NCc1ccccc1F)c1ccc(-c2cc(-c3cccc(C(F)(F)F)c3)n[nH]2)cc1. The second-order valence-corrected chi connectivity index (χ2v) is 7.10. The predicted molar refractivity (Wildman–Crippen MR) is 112 cm³/mol. The first-order valence-corrected chi connectivity index (χ1v) is 9.66. The summed E-state index contributed by atoms with van der Waals surface area (Å²) in [5.41, 5.74) is 2.05. The van der Waals surface area contributed by atoms with Crippen molar-refractivity contribution < 1.29 is 22.4 Å². The van der Waals surface area contributed by atoms with Crippen LogP contribution in [0, 0.1) is 5.82 Å². The fourth-order valence-corrected chi connectivity index (χ4v) is 3.19. The van der Waals surface area contributed by atoms with Crippen LogP contribution >= 0.6 is 0 Å². The molecule has 0 saturated carbocycles. The van der Waals surface area contributed by atoms with Crippen molar-refractivity contribution in [2.24, 2.45) is 0 Å². The quantitative estimate of drug-likeness (QED) is 0.385. The van der Waals surface area contributed by atoms with E-state index in [9.17, 15) is 22.4 Å². The summed E-state index contributed by atoms with van der Waals surface area (Å²) in [5.74, 6) is -0.743. The lowest BCUT2D eigenvalue weighted by Gasteiger charge is -2.07. The molecule has 1 aromatic heterocycles. The Morgan fingerprint density at radius 3 is 2.38 bits per heavy atom. The van der Waals surface area contributed by atoms with Crippen LogP contribution in [0.3, 0.4) is 0 Å². The van der Waals surface area contributed by atoms with Crippen molar-refractivity contribution in [3.63, 3.8) is 0 Å². The van der Waals surface area contributed by atoms with Crippen molar-refractivity contribution in [1.82, 2.24) is 15.5 Å². The van der Waals surface area contributed by atoms with E-state index < -0.39 is 11.7 Å². The maximum atomic E-state index is 13.7. The Labute approximate surface area is 180 Å². The summed E-state index contributed by atoms with van der Waals surface area (Å²) in [6.07, 6.45) is -4.43. The number of alkyl halides is 3. The average Bonchev–Trinajstić information content (AvgIpc) is 3.28. The molecule has 1 amide bonds. The first kappa shape index (κ1) is 21.3. The summed E-state index contributed by atoms with van der Waals surface area (Å²) in [5, 5.41) is 9.58. The number of aromatic amines is 1. The molecule has 0 atom stereocenters. The monoisotopic (exact) mass is 439 g/mol. The molecule has 1 heterocycles. The summed E-state index contributed by atoms with van der Waals surface area (Å²) < 4.78 is 52.5. The molecule has 32 heavy (non-hydrogen) atoms. The third kappa shape index (κ3) is 4.69. The lowest BCUT2D eigenvalue weighted by atomic mass is 10.1. The number of H-pyrrole nitrogens is 1. The molecule has 0 aliphatic rings. The van der Waals surface area contributed by atoms with Crippen molar-refractivity contribution >= 4 is 5.91 Å². The van der Waals surface area contributed by atoms with E-state index in [2.05, 4.69) is 15.5 Å². The number of hydrogen-bond donors (Lipinski definition) is 2. The lowest BCUT2D eigenvalue weighted by Crippen LogP contribution is -2.23. The molecule has 0 unspecified atom stereocenters. The molecular weight excluding hydrogens is 422 g/mol. The number of nitrogens with zero attached hydrogens (tertiary/aromatic N) is 1. The van der Waals surface area contributed by atoms with Gasteiger partial charge in [0.1, 0.15) is 5.82 Å². The van der Waals surface area contributed by atoms with Gasteiger partial charge < -0.3 is 5.32 Å². The van der Waals surface area contributed by atoms with E-state index >= 15 is 0 Å². The second-order valence-electron chi connectivity index (χ2n) is 7.10. The minimum atomic E-state index is -4.43. The molecule has 4 rings (SSSR count). The highest BCUT2D eigenvalue weighted by Gasteiger charge is 2.30. The summed E-state index contributed by atoms with van der Waals surface area (Å²) in [6.45, 7) is 0.0636. The van der Waals surface area contributed by atoms with Crippen molar-refractivity contribution in [3.8, 4) is 22.5 Å². The second kappa shape index (κ2) is 8.66. The maximum absolute atomic E-state index is 13.7. The Hall–Kier alpha value is -3.94. The third-order valence-corrected chi connectivity index (χ3v) is 4.92. The highest BCUT2D eigenvalue weighted by Crippen LogP contribution is 2.32. The fraction of sp³-hybridized carbons (Fsp3) is 0.0833. The minimum Gasteiger partial charge on any atom is -0.348 e. The van der Waals surface area contributed by atoms with E-state index in [1.54, 1.807) is 54.6 Å². The van der Waals surface area contributed by atoms with E-state index in [1.165, 1.54) is 12.1 Å². The van der Waals surface area contributed by atoms with Gasteiger partial charge in [0.15, 0.2) is 0 Å². The highest BCUT2D eigenvalue weighted by atomic mass is 19.4. The van der Waals surface area contributed by atoms with Crippen LogP contribution < -0.4 is 5.32 Å². The number of carbonyl (C=O) groups excluding carboxylic acids is 1. The van der Waals surface area contributed by atoms with Crippen LogP contribution in [-0.2, 0) is 12.7 Å². The van der Waals surface area contributed by atoms with Gasteiger partial charge in [0, 0.05) is 23.2 Å². The molecule has 4 nitrogen and oxygen atoms in total. The number of benzene rings is 3. The maximum Gasteiger partial charge on any atom is 0.416 e. The zero-order chi connectivity index (χ0) is 22.7. The van der Waals surface area contributed by atoms with Crippen molar-refractivity contribution in [1.29, 1.82) is 0 Å². The van der Waals surface area contributed by atoms with Crippen LogP contribution in [0.2, 0.25) is 0 Å². The summed E-state index contributed by atoms with van der Waals surface area (Å²) in [4.78, 5) is 12.3. The van der Waals surface area contributed by atoms with Gasteiger partial charge in [0.2, 0.25) is 0 Å². The molecule has 0 aliphatic heterocycles. The summed E-state index contributed by atoms with van der Waals surface area (Å²) in [6, 6.07) is 19.4. The molecule has 2 N–H and O–H groups in total. The molecule has 162 valence electrons. The normalized spacial score (nSPS) is 11.4. The van der Waals surface area contributed by atoms with Gasteiger partial charge in [0.25, 0.3) is 5.91 Å². The standard InChI is InChI=1S/C24H17F4N3O/c25-20-7-2-1-4-18(20)14-29-23(32)16-10-8-15(9-11-16)21-13-22(31-30-21)17-5-3-6-19(12-17)24(26,27)28/h1-13H,14H2,(H,29,32)(H,30,31). The van der Waals surface area contributed by atoms with Crippen molar-refractivity contribution in [3.05, 3.63) is 101 Å². The Kier molecular flexibility index (Phi) is 5.77. The Bertz CT molecular complexity index is 1250. The first-order valence-electron chi connectivity index (χ1n) is 9.66. The molecule has 0 spiro atoms. The van der Waals surface area contributed by atoms with Crippen LogP contribution in [-0.4, -0.2) is 16.1 Å². The number of aromatic nitrogens is 2. The molecule has 0 saturated heterocycles. The zero-order valence-electron chi connectivity index (χ0n) is 16.6. The van der Waals surface area contributed by atoms with E-state index in [1.807, 2.05) is 0 Å². The van der Waals surface area contributed by atoms with Gasteiger partial charge in [0.05, 0.1) is 17.0 Å². The van der Waals surface area contributed by atoms with Gasteiger partial charge in [-0.25, -0.2) is 4.39 Å². The lowest BCUT2D eigenvalue weighted by molar-refractivity contribution is -0.137. The largest absolute Gasteiger partial charge is 0.416 e. The molecule has 4 aromatic rings. The number of halogens is 4. The van der Waals surface area contributed by atoms with Gasteiger partial charge >= 0.3 is 6.18 Å². The van der Waals surface area contributed by atoms with Gasteiger partial charge in [-0.2, -0.15) is 18.3 Å². The smallest absolute Gasteiger partial charge is 0.348 e. The number of nitrogens with one attached hydrogen (secondary N) is 2. The van der Waals surface area contributed by atoms with E-state index in [4.69, 9.17) is 0 Å². The Morgan fingerprint density at radius 1 is 0.906 bits per heavy atom. The van der Waals surface area contributed by atoms with Gasteiger partial charge in [-0.15, -0.1) is 0 Å². The topological polar surface area (TPSA) is 57.8 Å². The van der Waals surface area contributed by atoms with Gasteiger partial charge in [-0.3, -0.25) is 9.89 Å². The van der Waals surface area contributed by atoms with Gasteiger partial charge in [-0.1, -0.05) is 42.5 Å². The Morgan fingerprint density at radius 2 is 1.66 bits per heavy atom. The van der Waals surface area contributed by atoms with Crippen LogP contribution in [0.1, 0.15) is 21.5 Å².